The van der Waals surface area contributed by atoms with Crippen LogP contribution in [-0.2, 0) is 0 Å². The van der Waals surface area contributed by atoms with Gasteiger partial charge in [-0.2, -0.15) is 5.10 Å². The molecule has 1 fully saturated rings. The van der Waals surface area contributed by atoms with Crippen molar-refractivity contribution in [3.05, 3.63) is 41.8 Å². The molecule has 0 spiro atoms. The molecule has 3 rings (SSSR count). The summed E-state index contributed by atoms with van der Waals surface area (Å²) in [5.41, 5.74) is 7.03. The number of benzene rings is 1. The van der Waals surface area contributed by atoms with Crippen LogP contribution in [0.5, 0.6) is 0 Å². The van der Waals surface area contributed by atoms with Gasteiger partial charge in [-0.1, -0.05) is 12.1 Å². The number of halogens is 2. The first kappa shape index (κ1) is 16.5. The molecule has 0 aliphatic carbocycles. The molecule has 2 aromatic rings. The molecule has 0 atom stereocenters. The maximum atomic E-state index is 13.9. The van der Waals surface area contributed by atoms with Gasteiger partial charge >= 0.3 is 0 Å². The Morgan fingerprint density at radius 1 is 1.32 bits per heavy atom. The number of carbonyl (C=O) groups is 1. The summed E-state index contributed by atoms with van der Waals surface area (Å²) in [4.78, 5) is 14.3. The Morgan fingerprint density at radius 3 is 2.68 bits per heavy atom. The Balaban J connectivity index is 0.00000176. The molecule has 0 unspecified atom stereocenters. The van der Waals surface area contributed by atoms with Crippen molar-refractivity contribution in [2.24, 2.45) is 5.73 Å². The van der Waals surface area contributed by atoms with E-state index in [-0.39, 0.29) is 30.2 Å². The molecular weight excluding hydrogens is 307 g/mol. The fourth-order valence-corrected chi connectivity index (χ4v) is 2.59. The highest BCUT2D eigenvalue weighted by Gasteiger charge is 2.25. The second-order valence-corrected chi connectivity index (χ2v) is 5.27. The van der Waals surface area contributed by atoms with Crippen LogP contribution in [-0.4, -0.2) is 40.1 Å². The molecule has 2 heterocycles. The first-order valence-electron chi connectivity index (χ1n) is 7.00. The summed E-state index contributed by atoms with van der Waals surface area (Å²) < 4.78 is 13.9. The van der Waals surface area contributed by atoms with Crippen LogP contribution in [0.15, 0.2) is 30.5 Å². The van der Waals surface area contributed by atoms with Crippen molar-refractivity contribution in [2.75, 3.05) is 13.1 Å². The molecule has 3 N–H and O–H groups in total. The smallest absolute Gasteiger partial charge is 0.257 e. The van der Waals surface area contributed by atoms with Gasteiger partial charge < -0.3 is 10.6 Å². The van der Waals surface area contributed by atoms with Gasteiger partial charge in [-0.3, -0.25) is 9.89 Å². The topological polar surface area (TPSA) is 75.0 Å². The van der Waals surface area contributed by atoms with E-state index in [9.17, 15) is 9.18 Å². The molecule has 1 amide bonds. The SMILES string of the molecule is Cl.NC1CCN(C(=O)c2cn[nH]c2-c2ccccc2F)CC1. The van der Waals surface area contributed by atoms with Crippen molar-refractivity contribution in [3.8, 4) is 11.3 Å². The van der Waals surface area contributed by atoms with Gasteiger partial charge in [-0.25, -0.2) is 4.39 Å². The molecule has 0 radical (unpaired) electrons. The van der Waals surface area contributed by atoms with Gasteiger partial charge in [-0.15, -0.1) is 12.4 Å². The third-order valence-electron chi connectivity index (χ3n) is 3.84. The molecular formula is C15H18ClFN4O. The molecule has 1 aromatic heterocycles. The fraction of sp³-hybridized carbons (Fsp3) is 0.333. The Kier molecular flexibility index (Phi) is 5.15. The van der Waals surface area contributed by atoms with Crippen molar-refractivity contribution < 1.29 is 9.18 Å². The number of aromatic amines is 1. The molecule has 1 aromatic carbocycles. The van der Waals surface area contributed by atoms with Crippen LogP contribution in [0.3, 0.4) is 0 Å². The second-order valence-electron chi connectivity index (χ2n) is 5.27. The lowest BCUT2D eigenvalue weighted by molar-refractivity contribution is 0.0715. The highest BCUT2D eigenvalue weighted by Crippen LogP contribution is 2.25. The minimum atomic E-state index is -0.378. The zero-order valence-corrected chi connectivity index (χ0v) is 12.8. The average Bonchev–Trinajstić information content (AvgIpc) is 2.97. The van der Waals surface area contributed by atoms with Crippen molar-refractivity contribution in [1.29, 1.82) is 0 Å². The number of piperidine rings is 1. The predicted octanol–water partition coefficient (Wildman–Crippen LogP) is 2.20. The van der Waals surface area contributed by atoms with Gasteiger partial charge in [0.1, 0.15) is 5.82 Å². The van der Waals surface area contributed by atoms with E-state index < -0.39 is 0 Å². The fourth-order valence-electron chi connectivity index (χ4n) is 2.59. The molecule has 1 aliphatic heterocycles. The average molecular weight is 325 g/mol. The van der Waals surface area contributed by atoms with Crippen LogP contribution in [0.1, 0.15) is 23.2 Å². The predicted molar refractivity (Wildman–Crippen MR) is 84.3 cm³/mol. The maximum Gasteiger partial charge on any atom is 0.257 e. The third-order valence-corrected chi connectivity index (χ3v) is 3.84. The summed E-state index contributed by atoms with van der Waals surface area (Å²) in [6, 6.07) is 6.50. The first-order chi connectivity index (χ1) is 10.2. The maximum absolute atomic E-state index is 13.9. The van der Waals surface area contributed by atoms with Gasteiger partial charge in [0, 0.05) is 24.7 Å². The molecule has 22 heavy (non-hydrogen) atoms. The van der Waals surface area contributed by atoms with Crippen LogP contribution in [0.4, 0.5) is 4.39 Å². The Morgan fingerprint density at radius 2 is 2.00 bits per heavy atom. The molecule has 1 aliphatic rings. The number of amides is 1. The van der Waals surface area contributed by atoms with Gasteiger partial charge in [-0.05, 0) is 25.0 Å². The molecule has 5 nitrogen and oxygen atoms in total. The number of aromatic nitrogens is 2. The largest absolute Gasteiger partial charge is 0.338 e. The normalized spacial score (nSPS) is 15.5. The van der Waals surface area contributed by atoms with Crippen molar-refractivity contribution in [1.82, 2.24) is 15.1 Å². The van der Waals surface area contributed by atoms with Crippen LogP contribution < -0.4 is 5.73 Å². The molecule has 0 saturated carbocycles. The number of hydrogen-bond donors (Lipinski definition) is 2. The number of carbonyl (C=O) groups excluding carboxylic acids is 1. The number of nitrogens with zero attached hydrogens (tertiary/aromatic N) is 2. The number of hydrogen-bond acceptors (Lipinski definition) is 3. The van der Waals surface area contributed by atoms with E-state index in [1.54, 1.807) is 23.1 Å². The minimum Gasteiger partial charge on any atom is -0.338 e. The van der Waals surface area contributed by atoms with Crippen LogP contribution in [0, 0.1) is 5.82 Å². The second kappa shape index (κ2) is 6.89. The zero-order chi connectivity index (χ0) is 14.8. The van der Waals surface area contributed by atoms with Gasteiger partial charge in [0.15, 0.2) is 0 Å². The minimum absolute atomic E-state index is 0. The standard InChI is InChI=1S/C15H17FN4O.ClH/c16-13-4-2-1-3-11(13)14-12(9-18-19-14)15(21)20-7-5-10(17)6-8-20;/h1-4,9-10H,5-8,17H2,(H,18,19);1H. The van der Waals surface area contributed by atoms with Gasteiger partial charge in [0.05, 0.1) is 17.5 Å². The Labute approximate surface area is 134 Å². The summed E-state index contributed by atoms with van der Waals surface area (Å²) >= 11 is 0. The molecule has 0 bridgehead atoms. The van der Waals surface area contributed by atoms with Gasteiger partial charge in [0.25, 0.3) is 5.91 Å². The van der Waals surface area contributed by atoms with Crippen LogP contribution in [0.2, 0.25) is 0 Å². The van der Waals surface area contributed by atoms with E-state index in [0.29, 0.717) is 29.9 Å². The Bertz CT molecular complexity index is 652. The highest BCUT2D eigenvalue weighted by atomic mass is 35.5. The van der Waals surface area contributed by atoms with E-state index in [1.807, 2.05) is 0 Å². The Hall–Kier alpha value is -1.92. The van der Waals surface area contributed by atoms with Crippen molar-refractivity contribution in [3.63, 3.8) is 0 Å². The lowest BCUT2D eigenvalue weighted by atomic mass is 10.0. The van der Waals surface area contributed by atoms with E-state index in [4.69, 9.17) is 5.73 Å². The zero-order valence-electron chi connectivity index (χ0n) is 12.0. The number of likely N-dealkylation sites (tertiary alicyclic amines) is 1. The van der Waals surface area contributed by atoms with E-state index in [2.05, 4.69) is 10.2 Å². The van der Waals surface area contributed by atoms with Crippen molar-refractivity contribution >= 4 is 18.3 Å². The van der Waals surface area contributed by atoms with Crippen LogP contribution in [0.25, 0.3) is 11.3 Å². The molecule has 118 valence electrons. The summed E-state index contributed by atoms with van der Waals surface area (Å²) in [5, 5.41) is 6.64. The number of rotatable bonds is 2. The summed E-state index contributed by atoms with van der Waals surface area (Å²) in [5.74, 6) is -0.509. The van der Waals surface area contributed by atoms with E-state index in [1.165, 1.54) is 12.3 Å². The summed E-state index contributed by atoms with van der Waals surface area (Å²) in [6.45, 7) is 1.25. The molecule has 7 heteroatoms. The summed E-state index contributed by atoms with van der Waals surface area (Å²) in [7, 11) is 0. The lowest BCUT2D eigenvalue weighted by Crippen LogP contribution is -2.42. The van der Waals surface area contributed by atoms with Crippen LogP contribution >= 0.6 is 12.4 Å². The monoisotopic (exact) mass is 324 g/mol. The first-order valence-corrected chi connectivity index (χ1v) is 7.00. The lowest BCUT2D eigenvalue weighted by Gasteiger charge is -2.30. The van der Waals surface area contributed by atoms with Gasteiger partial charge in [0.2, 0.25) is 0 Å². The number of nitrogens with two attached hydrogens (primary N) is 1. The third kappa shape index (κ3) is 3.13. The number of nitrogens with one attached hydrogen (secondary N) is 1. The van der Waals surface area contributed by atoms with Crippen molar-refractivity contribution in [2.45, 2.75) is 18.9 Å². The quantitative estimate of drug-likeness (QED) is 0.889. The summed E-state index contributed by atoms with van der Waals surface area (Å²) in [6.07, 6.45) is 3.04. The number of H-pyrrole nitrogens is 1. The molecule has 1 saturated heterocycles. The van der Waals surface area contributed by atoms with E-state index >= 15 is 0 Å². The highest BCUT2D eigenvalue weighted by molar-refractivity contribution is 5.99. The van der Waals surface area contributed by atoms with E-state index in [0.717, 1.165) is 12.8 Å².